The van der Waals surface area contributed by atoms with Crippen LogP contribution in [-0.4, -0.2) is 49.1 Å². The molecule has 4 atom stereocenters. The first-order valence-corrected chi connectivity index (χ1v) is 8.26. The van der Waals surface area contributed by atoms with Gasteiger partial charge in [-0.25, -0.2) is 0 Å². The van der Waals surface area contributed by atoms with Crippen LogP contribution >= 0.6 is 0 Å². The molecule has 8 nitrogen and oxygen atoms in total. The number of ether oxygens (including phenoxy) is 5. The molecule has 1 saturated heterocycles. The van der Waals surface area contributed by atoms with Crippen molar-refractivity contribution in [3.8, 4) is 0 Å². The number of carbonyl (C=O) groups is 3. The molecule has 8 heteroatoms. The third-order valence-electron chi connectivity index (χ3n) is 4.07. The summed E-state index contributed by atoms with van der Waals surface area (Å²) in [5.41, 5.74) is 1.25. The number of carbonyl (C=O) groups excluding carboxylic acids is 3. The van der Waals surface area contributed by atoms with Gasteiger partial charge in [-0.05, 0) is 31.8 Å². The molecule has 0 N–H and O–H groups in total. The van der Waals surface area contributed by atoms with Gasteiger partial charge in [-0.1, -0.05) is 0 Å². The smallest absolute Gasteiger partial charge is 0.305 e. The number of allylic oxidation sites excluding steroid dienone is 2. The van der Waals surface area contributed by atoms with E-state index in [1.807, 2.05) is 6.92 Å². The van der Waals surface area contributed by atoms with E-state index >= 15 is 0 Å². The zero-order valence-electron chi connectivity index (χ0n) is 14.9. The van der Waals surface area contributed by atoms with E-state index in [9.17, 15) is 14.4 Å². The third-order valence-corrected chi connectivity index (χ3v) is 4.07. The first-order chi connectivity index (χ1) is 11.8. The Balaban J connectivity index is 2.12. The van der Waals surface area contributed by atoms with E-state index < -0.39 is 42.5 Å². The summed E-state index contributed by atoms with van der Waals surface area (Å²) < 4.78 is 26.8. The number of hydrogen-bond donors (Lipinski definition) is 0. The van der Waals surface area contributed by atoms with Crippen molar-refractivity contribution in [2.24, 2.45) is 0 Å². The average molecular weight is 356 g/mol. The normalized spacial score (nSPS) is 27.9. The van der Waals surface area contributed by atoms with Gasteiger partial charge in [0, 0.05) is 20.8 Å². The van der Waals surface area contributed by atoms with Crippen LogP contribution in [0, 0.1) is 0 Å². The molecule has 140 valence electrons. The predicted octanol–water partition coefficient (Wildman–Crippen LogP) is 1.61. The maximum absolute atomic E-state index is 11.4. The zero-order valence-corrected chi connectivity index (χ0v) is 14.9. The maximum atomic E-state index is 11.4. The van der Waals surface area contributed by atoms with Gasteiger partial charge in [0.15, 0.2) is 6.10 Å². The second kappa shape index (κ2) is 8.33. The molecular weight excluding hydrogens is 332 g/mol. The van der Waals surface area contributed by atoms with Crippen molar-refractivity contribution in [3.05, 3.63) is 11.3 Å². The minimum Gasteiger partial charge on any atom is -0.495 e. The molecule has 0 aromatic rings. The lowest BCUT2D eigenvalue weighted by atomic mass is 9.91. The van der Waals surface area contributed by atoms with E-state index in [1.165, 1.54) is 26.3 Å². The molecule has 1 aliphatic heterocycles. The van der Waals surface area contributed by atoms with E-state index in [4.69, 9.17) is 23.7 Å². The molecule has 2 rings (SSSR count). The highest BCUT2D eigenvalue weighted by atomic mass is 16.8. The first kappa shape index (κ1) is 19.2. The Bertz CT molecular complexity index is 561. The zero-order chi connectivity index (χ0) is 18.6. The van der Waals surface area contributed by atoms with Gasteiger partial charge in [-0.15, -0.1) is 0 Å². The van der Waals surface area contributed by atoms with E-state index in [0.29, 0.717) is 0 Å². The minimum absolute atomic E-state index is 0.0861. The monoisotopic (exact) mass is 356 g/mol. The topological polar surface area (TPSA) is 97.4 Å². The fourth-order valence-corrected chi connectivity index (χ4v) is 2.75. The lowest BCUT2D eigenvalue weighted by Gasteiger charge is -2.24. The SMILES string of the molecule is CC(=O)O[C@@H]1O[C@H](COC(C)=C2CCC2)[C@@H](OC(C)=O)[C@H]1OC(C)=O. The number of esters is 3. The Hall–Kier alpha value is -2.09. The maximum Gasteiger partial charge on any atom is 0.305 e. The molecule has 0 radical (unpaired) electrons. The summed E-state index contributed by atoms with van der Waals surface area (Å²) in [5.74, 6) is -0.944. The third kappa shape index (κ3) is 5.19. The van der Waals surface area contributed by atoms with Gasteiger partial charge in [0.05, 0.1) is 5.76 Å². The lowest BCUT2D eigenvalue weighted by Crippen LogP contribution is -2.41. The van der Waals surface area contributed by atoms with Crippen LogP contribution in [0.15, 0.2) is 11.3 Å². The van der Waals surface area contributed by atoms with Crippen molar-refractivity contribution in [1.82, 2.24) is 0 Å². The van der Waals surface area contributed by atoms with Gasteiger partial charge in [0.2, 0.25) is 12.4 Å². The molecule has 1 aliphatic carbocycles. The van der Waals surface area contributed by atoms with Gasteiger partial charge in [-0.2, -0.15) is 0 Å². The molecule has 25 heavy (non-hydrogen) atoms. The van der Waals surface area contributed by atoms with Gasteiger partial charge >= 0.3 is 17.9 Å². The van der Waals surface area contributed by atoms with Crippen molar-refractivity contribution < 1.29 is 38.1 Å². The van der Waals surface area contributed by atoms with Gasteiger partial charge in [-0.3, -0.25) is 14.4 Å². The molecule has 0 amide bonds. The number of rotatable bonds is 6. The van der Waals surface area contributed by atoms with Crippen LogP contribution in [0.5, 0.6) is 0 Å². The quantitative estimate of drug-likeness (QED) is 0.402. The van der Waals surface area contributed by atoms with Gasteiger partial charge in [0.25, 0.3) is 0 Å². The van der Waals surface area contributed by atoms with Crippen LogP contribution < -0.4 is 0 Å². The Labute approximate surface area is 146 Å². The minimum atomic E-state index is -1.16. The highest BCUT2D eigenvalue weighted by Crippen LogP contribution is 2.31. The first-order valence-electron chi connectivity index (χ1n) is 8.26. The second-order valence-corrected chi connectivity index (χ2v) is 6.12. The summed E-state index contributed by atoms with van der Waals surface area (Å²) in [6.45, 7) is 5.62. The van der Waals surface area contributed by atoms with Crippen LogP contribution in [0.2, 0.25) is 0 Å². The average Bonchev–Trinajstić information content (AvgIpc) is 2.71. The summed E-state index contributed by atoms with van der Waals surface area (Å²) in [4.78, 5) is 34.1. The van der Waals surface area contributed by atoms with Crippen molar-refractivity contribution >= 4 is 17.9 Å². The van der Waals surface area contributed by atoms with Crippen molar-refractivity contribution in [1.29, 1.82) is 0 Å². The Morgan fingerprint density at radius 2 is 1.48 bits per heavy atom. The highest BCUT2D eigenvalue weighted by molar-refractivity contribution is 5.68. The van der Waals surface area contributed by atoms with Gasteiger partial charge < -0.3 is 23.7 Å². The van der Waals surface area contributed by atoms with Crippen molar-refractivity contribution in [2.45, 2.75) is 71.6 Å². The highest BCUT2D eigenvalue weighted by Gasteiger charge is 2.51. The molecule has 1 heterocycles. The molecular formula is C17H24O8. The van der Waals surface area contributed by atoms with Crippen LogP contribution in [0.1, 0.15) is 47.0 Å². The Morgan fingerprint density at radius 1 is 0.920 bits per heavy atom. The molecule has 0 unspecified atom stereocenters. The summed E-state index contributed by atoms with van der Waals surface area (Å²) >= 11 is 0. The van der Waals surface area contributed by atoms with E-state index in [-0.39, 0.29) is 6.61 Å². The predicted molar refractivity (Wildman–Crippen MR) is 84.0 cm³/mol. The van der Waals surface area contributed by atoms with E-state index in [2.05, 4.69) is 0 Å². The molecule has 0 bridgehead atoms. The summed E-state index contributed by atoms with van der Waals surface area (Å²) in [7, 11) is 0. The van der Waals surface area contributed by atoms with Crippen LogP contribution in [0.25, 0.3) is 0 Å². The molecule has 0 aromatic carbocycles. The molecule has 0 spiro atoms. The summed E-state index contributed by atoms with van der Waals surface area (Å²) in [5, 5.41) is 0. The summed E-state index contributed by atoms with van der Waals surface area (Å²) in [6.07, 6.45) is -0.687. The van der Waals surface area contributed by atoms with Crippen molar-refractivity contribution in [2.75, 3.05) is 6.61 Å². The van der Waals surface area contributed by atoms with Crippen molar-refractivity contribution in [3.63, 3.8) is 0 Å². The number of hydrogen-bond acceptors (Lipinski definition) is 8. The fourth-order valence-electron chi connectivity index (χ4n) is 2.75. The van der Waals surface area contributed by atoms with E-state index in [1.54, 1.807) is 0 Å². The molecule has 0 aromatic heterocycles. The molecule has 2 fully saturated rings. The Kier molecular flexibility index (Phi) is 6.41. The summed E-state index contributed by atoms with van der Waals surface area (Å²) in [6, 6.07) is 0. The lowest BCUT2D eigenvalue weighted by molar-refractivity contribution is -0.196. The van der Waals surface area contributed by atoms with Crippen LogP contribution in [0.3, 0.4) is 0 Å². The van der Waals surface area contributed by atoms with E-state index in [0.717, 1.165) is 25.0 Å². The van der Waals surface area contributed by atoms with Crippen LogP contribution in [-0.2, 0) is 38.1 Å². The fraction of sp³-hybridized carbons (Fsp3) is 0.706. The second-order valence-electron chi connectivity index (χ2n) is 6.12. The van der Waals surface area contributed by atoms with Gasteiger partial charge in [0.1, 0.15) is 12.7 Å². The molecule has 1 saturated carbocycles. The molecule has 2 aliphatic rings. The Morgan fingerprint density at radius 3 is 1.96 bits per heavy atom. The standard InChI is InChI=1S/C17H24O8/c1-9(13-6-5-7-13)21-8-14-15(22-10(2)18)16(23-11(3)19)17(25-14)24-12(4)20/h14-17H,5-8H2,1-4H3/t14-,15-,16-,17-/m1/s1. The largest absolute Gasteiger partial charge is 0.495 e. The van der Waals surface area contributed by atoms with Crippen LogP contribution in [0.4, 0.5) is 0 Å².